The summed E-state index contributed by atoms with van der Waals surface area (Å²) < 4.78 is 16.5. The van der Waals surface area contributed by atoms with Crippen molar-refractivity contribution in [1.29, 1.82) is 0 Å². The summed E-state index contributed by atoms with van der Waals surface area (Å²) in [6.45, 7) is -0.430. The van der Waals surface area contributed by atoms with Crippen molar-refractivity contribution in [3.8, 4) is 0 Å². The van der Waals surface area contributed by atoms with Crippen LogP contribution in [-0.4, -0.2) is 53.6 Å². The van der Waals surface area contributed by atoms with Gasteiger partial charge in [0.25, 0.3) is 5.56 Å². The molecule has 2 rings (SSSR count). The molecule has 1 saturated heterocycles. The zero-order valence-electron chi connectivity index (χ0n) is 10.4. The van der Waals surface area contributed by atoms with E-state index in [0.717, 1.165) is 11.8 Å². The average molecular weight is 356 g/mol. The van der Waals surface area contributed by atoms with Gasteiger partial charge in [0.2, 0.25) is 0 Å². The van der Waals surface area contributed by atoms with E-state index in [9.17, 15) is 19.6 Å². The van der Waals surface area contributed by atoms with Crippen molar-refractivity contribution in [2.75, 3.05) is 6.61 Å². The monoisotopic (exact) mass is 356 g/mol. The molecule has 1 fully saturated rings. The Labute approximate surface area is 127 Å². The van der Waals surface area contributed by atoms with Gasteiger partial charge in [-0.25, -0.2) is 4.57 Å². The highest BCUT2D eigenvalue weighted by Crippen LogP contribution is 2.44. The van der Waals surface area contributed by atoms with Crippen LogP contribution in [0.5, 0.6) is 0 Å². The first-order valence-electron chi connectivity index (χ1n) is 5.72. The third kappa shape index (κ3) is 4.02. The zero-order chi connectivity index (χ0) is 15.8. The third-order valence-electron chi connectivity index (χ3n) is 2.87. The highest BCUT2D eigenvalue weighted by molar-refractivity contribution is 8.00. The summed E-state index contributed by atoms with van der Waals surface area (Å²) in [5.74, 6) is 0. The molecule has 0 spiro atoms. The van der Waals surface area contributed by atoms with Crippen LogP contribution in [0.25, 0.3) is 0 Å². The molecule has 1 aromatic rings. The number of phosphoric acid groups is 1. The number of hydrogen-bond acceptors (Lipinski definition) is 7. The van der Waals surface area contributed by atoms with E-state index in [-0.39, 0.29) is 4.77 Å². The summed E-state index contributed by atoms with van der Waals surface area (Å²) in [6.07, 6.45) is -1.10. The number of aliphatic hydroxyl groups is 2. The number of H-pyrrole nitrogens is 1. The fourth-order valence-corrected chi connectivity index (χ4v) is 4.15. The average Bonchev–Trinajstić information content (AvgIpc) is 2.64. The van der Waals surface area contributed by atoms with Crippen LogP contribution in [0, 0.1) is 4.77 Å². The van der Waals surface area contributed by atoms with Crippen molar-refractivity contribution in [1.82, 2.24) is 9.55 Å². The quantitative estimate of drug-likeness (QED) is 0.351. The molecule has 0 unspecified atom stereocenters. The molecular weight excluding hydrogens is 343 g/mol. The minimum Gasteiger partial charge on any atom is -0.389 e. The zero-order valence-corrected chi connectivity index (χ0v) is 12.9. The number of nitrogens with one attached hydrogen (secondary N) is 1. The van der Waals surface area contributed by atoms with Crippen molar-refractivity contribution in [3.63, 3.8) is 0 Å². The Hall–Kier alpha value is -0.520. The molecule has 1 aliphatic heterocycles. The molecule has 4 atom stereocenters. The number of phosphoric ester groups is 1. The number of aromatic amines is 1. The van der Waals surface area contributed by atoms with Gasteiger partial charge in [0.1, 0.15) is 11.5 Å². The van der Waals surface area contributed by atoms with E-state index >= 15 is 0 Å². The van der Waals surface area contributed by atoms with E-state index in [4.69, 9.17) is 22.0 Å². The molecule has 0 bridgehead atoms. The fraction of sp³-hybridized carbons (Fsp3) is 0.556. The minimum atomic E-state index is -4.65. The molecule has 0 aliphatic carbocycles. The number of aliphatic hydroxyl groups excluding tert-OH is 2. The van der Waals surface area contributed by atoms with Crippen LogP contribution >= 0.6 is 31.8 Å². The lowest BCUT2D eigenvalue weighted by Crippen LogP contribution is -2.33. The highest BCUT2D eigenvalue weighted by Gasteiger charge is 2.44. The summed E-state index contributed by atoms with van der Waals surface area (Å²) in [5.41, 5.74) is -0.393. The van der Waals surface area contributed by atoms with Gasteiger partial charge in [-0.3, -0.25) is 14.3 Å². The molecule has 9 nitrogen and oxygen atoms in total. The Balaban J connectivity index is 2.18. The van der Waals surface area contributed by atoms with E-state index in [1.54, 1.807) is 0 Å². The maximum atomic E-state index is 11.1. The van der Waals surface area contributed by atoms with Gasteiger partial charge in [-0.2, -0.15) is 0 Å². The van der Waals surface area contributed by atoms with E-state index in [2.05, 4.69) is 9.51 Å². The SMILES string of the molecule is O=c1ccn([C@@H]2S[C@H](COP(=O)(O)O)[C@@H](O)[C@H]2O)c(=S)[nH]1. The predicted molar refractivity (Wildman–Crippen MR) is 76.3 cm³/mol. The molecule has 0 radical (unpaired) electrons. The molecule has 12 heteroatoms. The number of nitrogens with zero attached hydrogens (tertiary/aromatic N) is 1. The van der Waals surface area contributed by atoms with Gasteiger partial charge in [0.15, 0.2) is 4.77 Å². The first-order chi connectivity index (χ1) is 9.69. The molecule has 0 saturated carbocycles. The Morgan fingerprint density at radius 1 is 1.43 bits per heavy atom. The van der Waals surface area contributed by atoms with E-state index in [1.165, 1.54) is 16.8 Å². The maximum absolute atomic E-state index is 11.1. The Bertz CT molecular complexity index is 671. The lowest BCUT2D eigenvalue weighted by molar-refractivity contribution is 0.0102. The summed E-state index contributed by atoms with van der Waals surface area (Å²) in [4.78, 5) is 30.8. The molecule has 0 amide bonds. The lowest BCUT2D eigenvalue weighted by Gasteiger charge is -2.18. The Morgan fingerprint density at radius 2 is 2.10 bits per heavy atom. The van der Waals surface area contributed by atoms with E-state index in [1.807, 2.05) is 0 Å². The molecule has 1 aliphatic rings. The van der Waals surface area contributed by atoms with Gasteiger partial charge in [0, 0.05) is 12.3 Å². The van der Waals surface area contributed by atoms with Crippen LogP contribution in [0.2, 0.25) is 0 Å². The maximum Gasteiger partial charge on any atom is 0.469 e. The van der Waals surface area contributed by atoms with Gasteiger partial charge in [0.05, 0.1) is 18.0 Å². The van der Waals surface area contributed by atoms with Crippen molar-refractivity contribution in [2.45, 2.75) is 22.8 Å². The summed E-state index contributed by atoms with van der Waals surface area (Å²) in [7, 11) is -4.65. The van der Waals surface area contributed by atoms with Gasteiger partial charge in [-0.05, 0) is 12.2 Å². The van der Waals surface area contributed by atoms with Crippen LogP contribution in [0.4, 0.5) is 0 Å². The van der Waals surface area contributed by atoms with Gasteiger partial charge in [-0.1, -0.05) is 0 Å². The molecule has 0 aromatic carbocycles. The van der Waals surface area contributed by atoms with Crippen LogP contribution in [0.3, 0.4) is 0 Å². The second-order valence-corrected chi connectivity index (χ2v) is 7.34. The number of rotatable bonds is 4. The first-order valence-corrected chi connectivity index (χ1v) is 8.60. The molecular formula is C9H13N2O7PS2. The topological polar surface area (TPSA) is 145 Å². The Kier molecular flexibility index (Phi) is 5.06. The first kappa shape index (κ1) is 16.8. The minimum absolute atomic E-state index is 0.0720. The van der Waals surface area contributed by atoms with Crippen LogP contribution in [0.1, 0.15) is 5.37 Å². The van der Waals surface area contributed by atoms with Gasteiger partial charge in [-0.15, -0.1) is 11.8 Å². The standard InChI is InChI=1S/C9H13N2O7PS2/c12-5-1-2-11(9(20)10-5)8-7(14)6(13)4(21-8)3-18-19(15,16)17/h1-2,4,6-8,13-14H,3H2,(H,10,12,20)(H2,15,16,17)/t4-,6-,7-,8-/m1/s1. The van der Waals surface area contributed by atoms with Crippen LogP contribution in [-0.2, 0) is 9.09 Å². The lowest BCUT2D eigenvalue weighted by atomic mass is 10.1. The van der Waals surface area contributed by atoms with Gasteiger partial charge < -0.3 is 24.6 Å². The summed E-state index contributed by atoms with van der Waals surface area (Å²) in [6, 6.07) is 1.22. The van der Waals surface area contributed by atoms with Crippen LogP contribution < -0.4 is 5.56 Å². The number of hydrogen-bond donors (Lipinski definition) is 5. The second kappa shape index (κ2) is 6.31. The van der Waals surface area contributed by atoms with Crippen molar-refractivity contribution >= 4 is 31.8 Å². The van der Waals surface area contributed by atoms with Crippen molar-refractivity contribution in [2.24, 2.45) is 0 Å². The molecule has 1 aromatic heterocycles. The van der Waals surface area contributed by atoms with E-state index in [0.29, 0.717) is 0 Å². The predicted octanol–water partition coefficient (Wildman–Crippen LogP) is -0.649. The molecule has 21 heavy (non-hydrogen) atoms. The summed E-state index contributed by atoms with van der Waals surface area (Å²) in [5, 5.41) is 18.5. The fourth-order valence-electron chi connectivity index (χ4n) is 1.89. The van der Waals surface area contributed by atoms with Gasteiger partial charge >= 0.3 is 7.82 Å². The van der Waals surface area contributed by atoms with Crippen molar-refractivity contribution < 1.29 is 29.1 Å². The Morgan fingerprint density at radius 3 is 2.67 bits per heavy atom. The van der Waals surface area contributed by atoms with E-state index < -0.39 is 42.8 Å². The number of aromatic nitrogens is 2. The third-order valence-corrected chi connectivity index (χ3v) is 5.22. The van der Waals surface area contributed by atoms with Crippen LogP contribution in [0.15, 0.2) is 17.1 Å². The molecule has 118 valence electrons. The largest absolute Gasteiger partial charge is 0.469 e. The van der Waals surface area contributed by atoms with Crippen molar-refractivity contribution in [3.05, 3.63) is 27.4 Å². The highest BCUT2D eigenvalue weighted by atomic mass is 32.2. The summed E-state index contributed by atoms with van der Waals surface area (Å²) >= 11 is 6.02. The normalized spacial score (nSPS) is 29.7. The molecule has 2 heterocycles. The second-order valence-electron chi connectivity index (χ2n) is 4.35. The molecule has 5 N–H and O–H groups in total. The smallest absolute Gasteiger partial charge is 0.389 e. The number of thioether (sulfide) groups is 1.